The van der Waals surface area contributed by atoms with E-state index in [1.165, 1.54) is 0 Å². The molecule has 58 valence electrons. The Bertz CT molecular complexity index is 129. The van der Waals surface area contributed by atoms with Gasteiger partial charge < -0.3 is 0 Å². The monoisotopic (exact) mass is 142 g/mol. The molecule has 1 heteroatoms. The first-order valence-electron chi connectivity index (χ1n) is 4.06. The average Bonchev–Trinajstić information content (AvgIpc) is 1.94. The van der Waals surface area contributed by atoms with Crippen LogP contribution in [0.1, 0.15) is 26.7 Å². The first-order valence-corrected chi connectivity index (χ1v) is 4.06. The molecule has 0 fully saturated rings. The Balaban J connectivity index is 2.53. The first kappa shape index (κ1) is 7.77. The summed E-state index contributed by atoms with van der Waals surface area (Å²) in [6.45, 7) is 4.30. The van der Waals surface area contributed by atoms with Crippen LogP contribution >= 0.6 is 0 Å². The summed E-state index contributed by atoms with van der Waals surface area (Å²) in [5.74, 6) is 1.15. The van der Waals surface area contributed by atoms with Gasteiger partial charge in [0.25, 0.3) is 0 Å². The first-order chi connectivity index (χ1) is 4.74. The second-order valence-electron chi connectivity index (χ2n) is 3.16. The van der Waals surface area contributed by atoms with Crippen LogP contribution < -0.4 is 0 Å². The van der Waals surface area contributed by atoms with E-state index in [-0.39, 0.29) is 0 Å². The summed E-state index contributed by atoms with van der Waals surface area (Å²) in [5.41, 5.74) is 0. The van der Waals surface area contributed by atoms with E-state index in [9.17, 15) is 4.39 Å². The van der Waals surface area contributed by atoms with Gasteiger partial charge in [0.1, 0.15) is 6.17 Å². The lowest BCUT2D eigenvalue weighted by molar-refractivity contribution is 0.258. The summed E-state index contributed by atoms with van der Waals surface area (Å²) in [7, 11) is 0. The maximum Gasteiger partial charge on any atom is 0.119 e. The summed E-state index contributed by atoms with van der Waals surface area (Å²) in [6.07, 6.45) is 4.85. The molecule has 0 saturated heterocycles. The van der Waals surface area contributed by atoms with Gasteiger partial charge in [-0.3, -0.25) is 0 Å². The second-order valence-corrected chi connectivity index (χ2v) is 3.16. The fourth-order valence-corrected chi connectivity index (χ4v) is 1.57. The number of halogens is 1. The average molecular weight is 142 g/mol. The highest BCUT2D eigenvalue weighted by Crippen LogP contribution is 2.28. The Labute approximate surface area is 62.1 Å². The van der Waals surface area contributed by atoms with Gasteiger partial charge in [-0.1, -0.05) is 32.4 Å². The third-order valence-electron chi connectivity index (χ3n) is 2.42. The van der Waals surface area contributed by atoms with Crippen LogP contribution in [0.4, 0.5) is 4.39 Å². The molecule has 0 spiro atoms. The highest BCUT2D eigenvalue weighted by atomic mass is 19.1. The van der Waals surface area contributed by atoms with Crippen LogP contribution in [-0.2, 0) is 0 Å². The Hall–Kier alpha value is -0.330. The van der Waals surface area contributed by atoms with Crippen molar-refractivity contribution in [3.8, 4) is 0 Å². The van der Waals surface area contributed by atoms with E-state index in [0.717, 1.165) is 12.8 Å². The van der Waals surface area contributed by atoms with Gasteiger partial charge in [-0.05, 0) is 18.3 Å². The molecule has 0 nitrogen and oxygen atoms in total. The molecule has 3 unspecified atom stereocenters. The molecule has 1 aliphatic rings. The number of rotatable bonds is 1. The highest BCUT2D eigenvalue weighted by Gasteiger charge is 2.21. The normalized spacial score (nSPS) is 40.1. The minimum atomic E-state index is -0.679. The third-order valence-corrected chi connectivity index (χ3v) is 2.42. The van der Waals surface area contributed by atoms with Gasteiger partial charge in [-0.25, -0.2) is 4.39 Å². The van der Waals surface area contributed by atoms with Crippen molar-refractivity contribution in [3.63, 3.8) is 0 Å². The maximum atomic E-state index is 12.7. The van der Waals surface area contributed by atoms with E-state index in [1.54, 1.807) is 6.08 Å². The van der Waals surface area contributed by atoms with Crippen LogP contribution in [0.2, 0.25) is 0 Å². The molecular weight excluding hydrogens is 127 g/mol. The summed E-state index contributed by atoms with van der Waals surface area (Å²) >= 11 is 0. The molecule has 0 saturated carbocycles. The van der Waals surface area contributed by atoms with E-state index in [0.29, 0.717) is 11.8 Å². The Morgan fingerprint density at radius 3 is 2.70 bits per heavy atom. The van der Waals surface area contributed by atoms with Gasteiger partial charge in [-0.15, -0.1) is 0 Å². The quantitative estimate of drug-likeness (QED) is 0.494. The molecule has 3 atom stereocenters. The van der Waals surface area contributed by atoms with Crippen molar-refractivity contribution in [1.82, 2.24) is 0 Å². The van der Waals surface area contributed by atoms with Crippen molar-refractivity contribution in [3.05, 3.63) is 12.2 Å². The van der Waals surface area contributed by atoms with E-state index < -0.39 is 6.17 Å². The molecule has 0 amide bonds. The smallest absolute Gasteiger partial charge is 0.119 e. The zero-order valence-corrected chi connectivity index (χ0v) is 6.68. The lowest BCUT2D eigenvalue weighted by Crippen LogP contribution is -2.18. The molecule has 0 heterocycles. The van der Waals surface area contributed by atoms with Crippen molar-refractivity contribution < 1.29 is 4.39 Å². The second kappa shape index (κ2) is 3.18. The molecule has 0 aliphatic heterocycles. The lowest BCUT2D eigenvalue weighted by atomic mass is 9.83. The van der Waals surface area contributed by atoms with Gasteiger partial charge in [0.15, 0.2) is 0 Å². The van der Waals surface area contributed by atoms with Crippen LogP contribution in [0.5, 0.6) is 0 Å². The highest BCUT2D eigenvalue weighted by molar-refractivity contribution is 5.00. The third kappa shape index (κ3) is 1.59. The molecule has 1 rings (SSSR count). The number of alkyl halides is 1. The molecule has 0 N–H and O–H groups in total. The van der Waals surface area contributed by atoms with Crippen molar-refractivity contribution in [2.24, 2.45) is 11.8 Å². The zero-order valence-electron chi connectivity index (χ0n) is 6.68. The Morgan fingerprint density at radius 2 is 2.20 bits per heavy atom. The lowest BCUT2D eigenvalue weighted by Gasteiger charge is -2.24. The van der Waals surface area contributed by atoms with Gasteiger partial charge in [0.2, 0.25) is 0 Å². The SMILES string of the molecule is CCC1CC(F)C=CC1C. The van der Waals surface area contributed by atoms with Gasteiger partial charge in [0, 0.05) is 0 Å². The molecular formula is C9H15F. The summed E-state index contributed by atoms with van der Waals surface area (Å²) < 4.78 is 12.7. The fourth-order valence-electron chi connectivity index (χ4n) is 1.57. The standard InChI is InChI=1S/C9H15F/c1-3-8-6-9(10)5-4-7(8)2/h4-5,7-9H,3,6H2,1-2H3. The number of hydrogen-bond acceptors (Lipinski definition) is 0. The van der Waals surface area contributed by atoms with Crippen molar-refractivity contribution in [2.75, 3.05) is 0 Å². The van der Waals surface area contributed by atoms with E-state index in [4.69, 9.17) is 0 Å². The van der Waals surface area contributed by atoms with Crippen molar-refractivity contribution in [1.29, 1.82) is 0 Å². The van der Waals surface area contributed by atoms with Crippen LogP contribution in [0.25, 0.3) is 0 Å². The van der Waals surface area contributed by atoms with E-state index >= 15 is 0 Å². The predicted octanol–water partition coefficient (Wildman–Crippen LogP) is 2.95. The topological polar surface area (TPSA) is 0 Å². The van der Waals surface area contributed by atoms with Crippen LogP contribution in [0, 0.1) is 11.8 Å². The number of allylic oxidation sites excluding steroid dienone is 2. The summed E-state index contributed by atoms with van der Waals surface area (Å²) in [5, 5.41) is 0. The van der Waals surface area contributed by atoms with Gasteiger partial charge in [-0.2, -0.15) is 0 Å². The fraction of sp³-hybridized carbons (Fsp3) is 0.778. The molecule has 10 heavy (non-hydrogen) atoms. The van der Waals surface area contributed by atoms with E-state index in [1.807, 2.05) is 6.08 Å². The van der Waals surface area contributed by atoms with Crippen LogP contribution in [-0.4, -0.2) is 6.17 Å². The minimum Gasteiger partial charge on any atom is -0.243 e. The summed E-state index contributed by atoms with van der Waals surface area (Å²) in [4.78, 5) is 0. The predicted molar refractivity (Wildman–Crippen MR) is 41.6 cm³/mol. The van der Waals surface area contributed by atoms with Crippen molar-refractivity contribution in [2.45, 2.75) is 32.9 Å². The molecule has 0 bridgehead atoms. The summed E-state index contributed by atoms with van der Waals surface area (Å²) in [6, 6.07) is 0. The van der Waals surface area contributed by atoms with Crippen molar-refractivity contribution >= 4 is 0 Å². The molecule has 0 aromatic heterocycles. The maximum absolute atomic E-state index is 12.7. The van der Waals surface area contributed by atoms with Crippen LogP contribution in [0.3, 0.4) is 0 Å². The molecule has 0 aromatic rings. The zero-order chi connectivity index (χ0) is 7.56. The van der Waals surface area contributed by atoms with Gasteiger partial charge >= 0.3 is 0 Å². The minimum absolute atomic E-state index is 0.569. The Kier molecular flexibility index (Phi) is 2.47. The molecule has 1 aliphatic carbocycles. The number of hydrogen-bond donors (Lipinski definition) is 0. The molecule has 0 aromatic carbocycles. The largest absolute Gasteiger partial charge is 0.243 e. The Morgan fingerprint density at radius 1 is 1.50 bits per heavy atom. The van der Waals surface area contributed by atoms with E-state index in [2.05, 4.69) is 13.8 Å². The van der Waals surface area contributed by atoms with Gasteiger partial charge in [0.05, 0.1) is 0 Å². The van der Waals surface area contributed by atoms with Crippen LogP contribution in [0.15, 0.2) is 12.2 Å². The molecule has 0 radical (unpaired) electrons.